The Kier molecular flexibility index (Phi) is 6.36. The zero-order valence-corrected chi connectivity index (χ0v) is 17.2. The number of aromatic nitrogens is 2. The van der Waals surface area contributed by atoms with Crippen molar-refractivity contribution in [1.82, 2.24) is 14.9 Å². The molecule has 156 valence electrons. The summed E-state index contributed by atoms with van der Waals surface area (Å²) in [5, 5.41) is 1.94. The van der Waals surface area contributed by atoms with Crippen molar-refractivity contribution in [2.75, 3.05) is 53.7 Å². The molecule has 1 aliphatic rings. The molecule has 0 spiro atoms. The van der Waals surface area contributed by atoms with Crippen LogP contribution in [0.1, 0.15) is 19.3 Å². The third-order valence-electron chi connectivity index (χ3n) is 5.36. The maximum atomic E-state index is 6.07. The largest absolute Gasteiger partial charge is 0.493 e. The normalized spacial score (nSPS) is 14.7. The average Bonchev–Trinajstić information content (AvgIpc) is 3.38. The van der Waals surface area contributed by atoms with Crippen molar-refractivity contribution in [2.24, 2.45) is 0 Å². The first-order valence-electron chi connectivity index (χ1n) is 10.3. The number of likely N-dealkylation sites (tertiary alicyclic amines) is 1. The van der Waals surface area contributed by atoms with Crippen molar-refractivity contribution in [3.05, 3.63) is 24.4 Å². The lowest BCUT2D eigenvalue weighted by Crippen LogP contribution is -2.21. The second-order valence-corrected chi connectivity index (χ2v) is 7.30. The van der Waals surface area contributed by atoms with Gasteiger partial charge in [0.2, 0.25) is 5.88 Å². The molecule has 0 unspecified atom stereocenters. The number of hydrogen-bond donors (Lipinski definition) is 1. The lowest BCUT2D eigenvalue weighted by atomic mass is 10.1. The quantitative estimate of drug-likeness (QED) is 0.525. The Morgan fingerprint density at radius 1 is 1.00 bits per heavy atom. The number of ether oxygens (including phenoxy) is 4. The lowest BCUT2D eigenvalue weighted by Gasteiger charge is -2.15. The standard InChI is InChI=1S/C22H29N3O4/c1-26-12-13-29-22-21-16-14-19(27-2)20(15-18(16)24-17(21)6-7-23-22)28-11-5-10-25-8-3-4-9-25/h6-7,14-15,24H,3-5,8-13H2,1-2H3. The van der Waals surface area contributed by atoms with Crippen LogP contribution in [0.25, 0.3) is 21.8 Å². The fraction of sp³-hybridized carbons (Fsp3) is 0.500. The highest BCUT2D eigenvalue weighted by Gasteiger charge is 2.16. The maximum Gasteiger partial charge on any atom is 0.223 e. The number of nitrogens with one attached hydrogen (secondary N) is 1. The molecule has 1 aliphatic heterocycles. The first-order valence-corrected chi connectivity index (χ1v) is 10.3. The van der Waals surface area contributed by atoms with Gasteiger partial charge in [0.05, 0.1) is 36.7 Å². The molecule has 2 aromatic heterocycles. The number of fused-ring (bicyclic) bond motifs is 3. The van der Waals surface area contributed by atoms with Gasteiger partial charge in [-0.25, -0.2) is 4.98 Å². The number of hydrogen-bond acceptors (Lipinski definition) is 6. The Bertz CT molecular complexity index is 950. The fourth-order valence-corrected chi connectivity index (χ4v) is 3.90. The summed E-state index contributed by atoms with van der Waals surface area (Å²) in [7, 11) is 3.32. The summed E-state index contributed by atoms with van der Waals surface area (Å²) < 4.78 is 22.6. The van der Waals surface area contributed by atoms with Crippen LogP contribution in [0.2, 0.25) is 0 Å². The molecular weight excluding hydrogens is 370 g/mol. The molecule has 3 aromatic rings. The van der Waals surface area contributed by atoms with Crippen LogP contribution in [0, 0.1) is 0 Å². The molecule has 1 N–H and O–H groups in total. The SMILES string of the molecule is COCCOc1nccc2[nH]c3cc(OCCCN4CCCC4)c(OC)cc3c12. The zero-order chi connectivity index (χ0) is 20.1. The topological polar surface area (TPSA) is 68.8 Å². The van der Waals surface area contributed by atoms with Crippen LogP contribution in [0.5, 0.6) is 17.4 Å². The smallest absolute Gasteiger partial charge is 0.223 e. The van der Waals surface area contributed by atoms with Gasteiger partial charge < -0.3 is 28.8 Å². The van der Waals surface area contributed by atoms with E-state index in [1.54, 1.807) is 20.4 Å². The minimum Gasteiger partial charge on any atom is -0.493 e. The molecule has 0 atom stereocenters. The van der Waals surface area contributed by atoms with E-state index in [4.69, 9.17) is 18.9 Å². The molecule has 29 heavy (non-hydrogen) atoms. The van der Waals surface area contributed by atoms with Crippen molar-refractivity contribution in [3.63, 3.8) is 0 Å². The summed E-state index contributed by atoms with van der Waals surface area (Å²) >= 11 is 0. The van der Waals surface area contributed by atoms with E-state index in [9.17, 15) is 0 Å². The third kappa shape index (κ3) is 4.41. The van der Waals surface area contributed by atoms with Gasteiger partial charge >= 0.3 is 0 Å². The van der Waals surface area contributed by atoms with Crippen LogP contribution in [-0.2, 0) is 4.74 Å². The lowest BCUT2D eigenvalue weighted by molar-refractivity contribution is 0.144. The molecule has 7 nitrogen and oxygen atoms in total. The minimum atomic E-state index is 0.449. The van der Waals surface area contributed by atoms with Crippen molar-refractivity contribution in [2.45, 2.75) is 19.3 Å². The molecule has 1 aromatic carbocycles. The maximum absolute atomic E-state index is 6.07. The number of methoxy groups -OCH3 is 2. The van der Waals surface area contributed by atoms with E-state index < -0.39 is 0 Å². The van der Waals surface area contributed by atoms with Crippen LogP contribution in [0.15, 0.2) is 24.4 Å². The summed E-state index contributed by atoms with van der Waals surface area (Å²) in [5.41, 5.74) is 1.94. The zero-order valence-electron chi connectivity index (χ0n) is 17.2. The van der Waals surface area contributed by atoms with Crippen molar-refractivity contribution in [1.29, 1.82) is 0 Å². The molecule has 0 bridgehead atoms. The van der Waals surface area contributed by atoms with Crippen LogP contribution in [0.4, 0.5) is 0 Å². The fourth-order valence-electron chi connectivity index (χ4n) is 3.90. The van der Waals surface area contributed by atoms with Crippen molar-refractivity contribution >= 4 is 21.8 Å². The molecule has 0 aliphatic carbocycles. The average molecular weight is 399 g/mol. The minimum absolute atomic E-state index is 0.449. The van der Waals surface area contributed by atoms with Crippen LogP contribution in [-0.4, -0.2) is 68.5 Å². The Labute approximate surface area is 170 Å². The highest BCUT2D eigenvalue weighted by atomic mass is 16.5. The summed E-state index contributed by atoms with van der Waals surface area (Å²) in [5.74, 6) is 2.06. The van der Waals surface area contributed by atoms with Gasteiger partial charge in [-0.15, -0.1) is 0 Å². The summed E-state index contributed by atoms with van der Waals surface area (Å²) in [6, 6.07) is 5.94. The first-order chi connectivity index (χ1) is 14.3. The van der Waals surface area contributed by atoms with Gasteiger partial charge in [-0.05, 0) is 44.5 Å². The van der Waals surface area contributed by atoms with Crippen LogP contribution < -0.4 is 14.2 Å². The second kappa shape index (κ2) is 9.33. The number of nitrogens with zero attached hydrogens (tertiary/aromatic N) is 2. The van der Waals surface area contributed by atoms with E-state index >= 15 is 0 Å². The Morgan fingerprint density at radius 2 is 1.86 bits per heavy atom. The third-order valence-corrected chi connectivity index (χ3v) is 5.36. The van der Waals surface area contributed by atoms with Gasteiger partial charge in [-0.1, -0.05) is 0 Å². The van der Waals surface area contributed by atoms with E-state index in [-0.39, 0.29) is 0 Å². The molecule has 0 saturated carbocycles. The van der Waals surface area contributed by atoms with Gasteiger partial charge in [0.15, 0.2) is 11.5 Å². The summed E-state index contributed by atoms with van der Waals surface area (Å²) in [4.78, 5) is 10.3. The van der Waals surface area contributed by atoms with E-state index in [1.165, 1.54) is 25.9 Å². The molecule has 0 amide bonds. The van der Waals surface area contributed by atoms with E-state index in [2.05, 4.69) is 14.9 Å². The Balaban J connectivity index is 1.55. The highest BCUT2D eigenvalue weighted by molar-refractivity contribution is 6.10. The summed E-state index contributed by atoms with van der Waals surface area (Å²) in [6.07, 6.45) is 5.39. The highest BCUT2D eigenvalue weighted by Crippen LogP contribution is 2.38. The van der Waals surface area contributed by atoms with E-state index in [1.807, 2.05) is 18.2 Å². The monoisotopic (exact) mass is 399 g/mol. The number of aromatic amines is 1. The molecular formula is C22H29N3O4. The van der Waals surface area contributed by atoms with Gasteiger partial charge in [0.25, 0.3) is 0 Å². The van der Waals surface area contributed by atoms with Crippen molar-refractivity contribution in [3.8, 4) is 17.4 Å². The number of H-pyrrole nitrogens is 1. The number of pyridine rings is 1. The Hall–Kier alpha value is -2.51. The summed E-state index contributed by atoms with van der Waals surface area (Å²) in [6.45, 7) is 5.15. The molecule has 1 saturated heterocycles. The predicted octanol–water partition coefficient (Wildman–Crippen LogP) is 3.61. The van der Waals surface area contributed by atoms with Gasteiger partial charge in [-0.3, -0.25) is 0 Å². The van der Waals surface area contributed by atoms with Crippen LogP contribution >= 0.6 is 0 Å². The van der Waals surface area contributed by atoms with Gasteiger partial charge in [-0.2, -0.15) is 0 Å². The number of rotatable bonds is 10. The van der Waals surface area contributed by atoms with Gasteiger partial charge in [0.1, 0.15) is 6.61 Å². The van der Waals surface area contributed by atoms with Gasteiger partial charge in [0, 0.05) is 31.3 Å². The second-order valence-electron chi connectivity index (χ2n) is 7.30. The molecule has 3 heterocycles. The van der Waals surface area contributed by atoms with E-state index in [0.29, 0.717) is 31.5 Å². The molecule has 4 rings (SSSR count). The molecule has 1 fully saturated rings. The van der Waals surface area contributed by atoms with Crippen molar-refractivity contribution < 1.29 is 18.9 Å². The molecule has 7 heteroatoms. The number of benzene rings is 1. The van der Waals surface area contributed by atoms with Crippen LogP contribution in [0.3, 0.4) is 0 Å². The predicted molar refractivity (Wildman–Crippen MR) is 113 cm³/mol. The Morgan fingerprint density at radius 3 is 2.66 bits per heavy atom. The van der Waals surface area contributed by atoms with E-state index in [0.717, 1.165) is 40.5 Å². The first kappa shape index (κ1) is 19.8. The molecule has 0 radical (unpaired) electrons.